The summed E-state index contributed by atoms with van der Waals surface area (Å²) in [6.45, 7) is 0. The average molecular weight is 1650 g/mol. The Hall–Kier alpha value is -16.6. The molecule has 25 aromatic rings. The SMILES string of the molecule is C1=C(c2ccccc2)C(c2c3ccccc3c(-c3ccc(-c4ccccc4)cc3-c3ccccc3)c3cc4ccccc4cc23)=CCC1c1ccccc1.c1ccc(-c2c3ccccc3c(-c3cc4ccc5ccccc5c4c4ccccc34)c3ccccc23)cc1.c1ccc(-c2c3ccccc3c(-c3cccc4c3ccc3cc5ccccc5cc34)c3ccccc23)cc1. The molecule has 0 saturated heterocycles. The Labute approximate surface area is 756 Å². The van der Waals surface area contributed by atoms with E-state index >= 15 is 0 Å². The molecule has 0 amide bonds. The maximum Gasteiger partial charge on any atom is 0.00622 e. The quantitative estimate of drug-likeness (QED) is 0.0946. The average Bonchev–Trinajstić information content (AvgIpc) is 0.724. The minimum atomic E-state index is 0.305. The molecule has 25 aromatic carbocycles. The number of hydrogen-bond donors (Lipinski definition) is 0. The predicted octanol–water partition coefficient (Wildman–Crippen LogP) is 36.4. The lowest BCUT2D eigenvalue weighted by molar-refractivity contribution is 0.860. The Morgan fingerprint density at radius 2 is 0.508 bits per heavy atom. The van der Waals surface area contributed by atoms with E-state index in [0.29, 0.717) is 5.92 Å². The minimum absolute atomic E-state index is 0.305. The van der Waals surface area contributed by atoms with E-state index in [1.807, 2.05) is 0 Å². The van der Waals surface area contributed by atoms with E-state index in [0.717, 1.165) is 6.42 Å². The van der Waals surface area contributed by atoms with Crippen LogP contribution in [0.2, 0.25) is 0 Å². The largest absolute Gasteiger partial charge is 0.0751 e. The van der Waals surface area contributed by atoms with Gasteiger partial charge in [-0.2, -0.15) is 0 Å². The van der Waals surface area contributed by atoms with Gasteiger partial charge in [-0.25, -0.2) is 0 Å². The van der Waals surface area contributed by atoms with Crippen LogP contribution in [0.5, 0.6) is 0 Å². The third kappa shape index (κ3) is 13.6. The van der Waals surface area contributed by atoms with Gasteiger partial charge < -0.3 is 0 Å². The van der Waals surface area contributed by atoms with Crippen LogP contribution >= 0.6 is 0 Å². The highest BCUT2D eigenvalue weighted by Gasteiger charge is 2.28. The Kier molecular flexibility index (Phi) is 19.6. The van der Waals surface area contributed by atoms with Gasteiger partial charge in [0.2, 0.25) is 0 Å². The van der Waals surface area contributed by atoms with Crippen LogP contribution in [0, 0.1) is 0 Å². The summed E-state index contributed by atoms with van der Waals surface area (Å²) in [5.41, 5.74) is 24.2. The van der Waals surface area contributed by atoms with Gasteiger partial charge in [-0.15, -0.1) is 0 Å². The van der Waals surface area contributed by atoms with Crippen molar-refractivity contribution in [3.63, 3.8) is 0 Å². The van der Waals surface area contributed by atoms with Crippen molar-refractivity contribution in [2.45, 2.75) is 12.3 Å². The highest BCUT2D eigenvalue weighted by atomic mass is 14.3. The summed E-state index contributed by atoms with van der Waals surface area (Å²) in [6.07, 6.45) is 5.98. The fraction of sp³-hybridized carbons (Fsp3) is 0.0154. The number of hydrogen-bond acceptors (Lipinski definition) is 0. The van der Waals surface area contributed by atoms with Crippen LogP contribution in [0.3, 0.4) is 0 Å². The monoisotopic (exact) mass is 1650 g/mol. The molecule has 0 aromatic heterocycles. The second-order valence-corrected chi connectivity index (χ2v) is 34.5. The van der Waals surface area contributed by atoms with Gasteiger partial charge in [0.25, 0.3) is 0 Å². The highest BCUT2D eigenvalue weighted by Crippen LogP contribution is 2.54. The molecule has 0 bridgehead atoms. The van der Waals surface area contributed by atoms with Crippen LogP contribution in [0.4, 0.5) is 0 Å². The van der Waals surface area contributed by atoms with Gasteiger partial charge in [-0.3, -0.25) is 0 Å². The summed E-state index contributed by atoms with van der Waals surface area (Å²) < 4.78 is 0. The van der Waals surface area contributed by atoms with E-state index in [1.54, 1.807) is 0 Å². The van der Waals surface area contributed by atoms with E-state index in [-0.39, 0.29) is 0 Å². The fourth-order valence-corrected chi connectivity index (χ4v) is 21.4. The van der Waals surface area contributed by atoms with Gasteiger partial charge in [-0.05, 0) is 289 Å². The molecule has 0 heterocycles. The van der Waals surface area contributed by atoms with Gasteiger partial charge >= 0.3 is 0 Å². The summed E-state index contributed by atoms with van der Waals surface area (Å²) in [7, 11) is 0. The van der Waals surface area contributed by atoms with Crippen molar-refractivity contribution in [3.8, 4) is 77.9 Å². The van der Waals surface area contributed by atoms with Crippen molar-refractivity contribution in [2.24, 2.45) is 0 Å². The third-order valence-corrected chi connectivity index (χ3v) is 27.2. The van der Waals surface area contributed by atoms with Crippen LogP contribution in [-0.4, -0.2) is 0 Å². The topological polar surface area (TPSA) is 0 Å². The number of rotatable bonds is 10. The van der Waals surface area contributed by atoms with Crippen LogP contribution in [0.15, 0.2) is 504 Å². The second kappa shape index (κ2) is 33.0. The van der Waals surface area contributed by atoms with Gasteiger partial charge in [0.1, 0.15) is 0 Å². The number of fused-ring (bicyclic) bond motifs is 16. The van der Waals surface area contributed by atoms with Crippen molar-refractivity contribution < 1.29 is 0 Å². The van der Waals surface area contributed by atoms with Crippen molar-refractivity contribution in [1.82, 2.24) is 0 Å². The van der Waals surface area contributed by atoms with Crippen molar-refractivity contribution in [2.75, 3.05) is 0 Å². The summed E-state index contributed by atoms with van der Waals surface area (Å²) >= 11 is 0. The zero-order chi connectivity index (χ0) is 86.0. The van der Waals surface area contributed by atoms with E-state index in [4.69, 9.17) is 0 Å². The summed E-state index contributed by atoms with van der Waals surface area (Å²) in [4.78, 5) is 0. The molecule has 0 fully saturated rings. The Bertz CT molecular complexity index is 8710. The Morgan fingerprint density at radius 3 is 1.03 bits per heavy atom. The normalized spacial score (nSPS) is 12.8. The molecule has 1 aliphatic carbocycles. The van der Waals surface area contributed by atoms with Crippen molar-refractivity contribution in [3.05, 3.63) is 520 Å². The van der Waals surface area contributed by atoms with Crippen LogP contribution < -0.4 is 0 Å². The number of benzene rings is 25. The first-order valence-electron chi connectivity index (χ1n) is 45.4. The zero-order valence-corrected chi connectivity index (χ0v) is 71.7. The molecule has 130 heavy (non-hydrogen) atoms. The van der Waals surface area contributed by atoms with Crippen molar-refractivity contribution in [1.29, 1.82) is 0 Å². The molecule has 606 valence electrons. The molecule has 0 heteroatoms. The molecule has 0 spiro atoms. The first kappa shape index (κ1) is 77.0. The number of allylic oxidation sites excluding steroid dienone is 4. The predicted molar refractivity (Wildman–Crippen MR) is 561 cm³/mol. The Morgan fingerprint density at radius 1 is 0.146 bits per heavy atom. The molecule has 1 atom stereocenters. The van der Waals surface area contributed by atoms with Crippen LogP contribution in [0.1, 0.15) is 29.0 Å². The fourth-order valence-electron chi connectivity index (χ4n) is 21.4. The maximum atomic E-state index is 2.52. The van der Waals surface area contributed by atoms with E-state index in [9.17, 15) is 0 Å². The van der Waals surface area contributed by atoms with E-state index in [1.165, 1.54) is 246 Å². The highest BCUT2D eigenvalue weighted by molar-refractivity contribution is 6.31. The molecule has 1 unspecified atom stereocenters. The molecular weight excluding hydrogens is 1560 g/mol. The zero-order valence-electron chi connectivity index (χ0n) is 71.7. The lowest BCUT2D eigenvalue weighted by atomic mass is 9.77. The van der Waals surface area contributed by atoms with Gasteiger partial charge in [0.05, 0.1) is 0 Å². The minimum Gasteiger partial charge on any atom is -0.0751 e. The van der Waals surface area contributed by atoms with E-state index in [2.05, 4.69) is 504 Å². The lowest BCUT2D eigenvalue weighted by Crippen LogP contribution is -2.05. The summed E-state index contributed by atoms with van der Waals surface area (Å²) in [6, 6.07) is 180. The molecule has 26 rings (SSSR count). The molecule has 1 aliphatic rings. The summed E-state index contributed by atoms with van der Waals surface area (Å²) in [5, 5.41) is 33.4. The molecule has 0 nitrogen and oxygen atoms in total. The van der Waals surface area contributed by atoms with Gasteiger partial charge in [-0.1, -0.05) is 467 Å². The van der Waals surface area contributed by atoms with Crippen LogP contribution in [-0.2, 0) is 0 Å². The van der Waals surface area contributed by atoms with E-state index < -0.39 is 0 Å². The molecule has 0 saturated carbocycles. The molecule has 0 aliphatic heterocycles. The molecule has 0 radical (unpaired) electrons. The standard InChI is InChI=1S/C54H38.2C38H24/c1-5-17-37(18-6-1)43-29-31-47(49(33-43)39-21-9-3-10-22-39)53-45-27-15-16-28-46(45)54(52-36-42-26-14-13-25-41(42)35-51(52)53)48-32-30-44(38-19-7-2-8-20-38)34-50(48)40-23-11-4-12-24-40;1-2-11-25(12-3-1)37-32-15-6-8-17-34(32)38(35-18-9-7-16-33(35)37)31-20-10-19-29-30(31)22-21-28-23-26-13-4-5-14-27(26)24-36(28)29;1-2-13-26(14-3-1)36-31-18-8-10-20-33(31)38(34-21-11-9-19-32(34)36)35-24-27-23-22-25-12-4-5-15-28(25)37(27)30-17-7-6-16-29(30)35/h1-29,31-36,44H,30H2;2*1-24H. The smallest absolute Gasteiger partial charge is 0.00622 e. The molecule has 0 N–H and O–H groups in total. The first-order chi connectivity index (χ1) is 64.5. The first-order valence-corrected chi connectivity index (χ1v) is 45.4. The van der Waals surface area contributed by atoms with Gasteiger partial charge in [0.15, 0.2) is 0 Å². The lowest BCUT2D eigenvalue weighted by Gasteiger charge is -2.27. The second-order valence-electron chi connectivity index (χ2n) is 34.5. The Balaban J connectivity index is 0.000000111. The van der Waals surface area contributed by atoms with Gasteiger partial charge in [0, 0.05) is 5.92 Å². The molecular formula is C130H86. The van der Waals surface area contributed by atoms with Crippen molar-refractivity contribution >= 4 is 151 Å². The third-order valence-electron chi connectivity index (χ3n) is 27.2. The summed E-state index contributed by atoms with van der Waals surface area (Å²) in [5.74, 6) is 0.305. The van der Waals surface area contributed by atoms with Crippen LogP contribution in [0.25, 0.3) is 229 Å². The maximum absolute atomic E-state index is 2.52.